The van der Waals surface area contributed by atoms with Crippen molar-refractivity contribution in [3.05, 3.63) is 329 Å². The molecule has 11 aromatic rings. The van der Waals surface area contributed by atoms with Crippen LogP contribution < -0.4 is 4.90 Å². The fourth-order valence-corrected chi connectivity index (χ4v) is 12.6. The first-order valence-electron chi connectivity index (χ1n) is 26.1. The number of hydrogen-bond acceptors (Lipinski definition) is 1. The fourth-order valence-electron chi connectivity index (χ4n) is 12.6. The quantitative estimate of drug-likeness (QED) is 0.139. The summed E-state index contributed by atoms with van der Waals surface area (Å²) in [6.45, 7) is 9.02. The van der Waals surface area contributed by atoms with Gasteiger partial charge in [0.1, 0.15) is 0 Å². The molecule has 11 aromatic carbocycles. The van der Waals surface area contributed by atoms with E-state index in [0.29, 0.717) is 0 Å². The Labute approximate surface area is 436 Å². The Balaban J connectivity index is 1.09. The van der Waals surface area contributed by atoms with Crippen LogP contribution in [0.15, 0.2) is 273 Å². The molecule has 0 aliphatic heterocycles. The number of anilines is 3. The largest absolute Gasteiger partial charge is 0.310 e. The van der Waals surface area contributed by atoms with Crippen molar-refractivity contribution in [1.29, 1.82) is 0 Å². The van der Waals surface area contributed by atoms with Crippen LogP contribution in [0.1, 0.15) is 76.4 Å². The van der Waals surface area contributed by atoms with Gasteiger partial charge < -0.3 is 4.90 Å². The van der Waals surface area contributed by atoms with E-state index in [2.05, 4.69) is 306 Å². The molecule has 0 saturated heterocycles. The smallest absolute Gasteiger partial charge is 0.0734 e. The highest BCUT2D eigenvalue weighted by Crippen LogP contribution is 2.62. The SMILES string of the molecule is Cc1ccc(C2(c3ccc(-c4ccccc4)cc3)c3ccccc3-c3ccc(N(c4ccc(-c5ccc(C(C)(C)C)cc5)cc4)c4cccc5c4C(c4ccccc4)(c4ccccc4)c4ccccc4-5)cc32)cc1. The summed E-state index contributed by atoms with van der Waals surface area (Å²) in [6, 6.07) is 103. The Morgan fingerprint density at radius 3 is 1.31 bits per heavy atom. The minimum atomic E-state index is -0.628. The molecule has 2 aliphatic rings. The minimum Gasteiger partial charge on any atom is -0.310 e. The molecule has 0 N–H and O–H groups in total. The van der Waals surface area contributed by atoms with Crippen molar-refractivity contribution in [3.8, 4) is 44.5 Å². The predicted molar refractivity (Wildman–Crippen MR) is 310 cm³/mol. The van der Waals surface area contributed by atoms with Crippen molar-refractivity contribution < 1.29 is 0 Å². The molecule has 0 amide bonds. The minimum absolute atomic E-state index is 0.0765. The van der Waals surface area contributed by atoms with Crippen LogP contribution in [0, 0.1) is 6.92 Å². The lowest BCUT2D eigenvalue weighted by molar-refractivity contribution is 0.590. The average molecular weight is 948 g/mol. The molecule has 1 unspecified atom stereocenters. The van der Waals surface area contributed by atoms with E-state index in [4.69, 9.17) is 0 Å². The van der Waals surface area contributed by atoms with Crippen LogP contribution >= 0.6 is 0 Å². The maximum atomic E-state index is 2.56. The molecule has 13 rings (SSSR count). The monoisotopic (exact) mass is 947 g/mol. The van der Waals surface area contributed by atoms with Crippen molar-refractivity contribution in [2.24, 2.45) is 0 Å². The number of fused-ring (bicyclic) bond motifs is 6. The maximum absolute atomic E-state index is 2.56. The summed E-state index contributed by atoms with van der Waals surface area (Å²) in [5, 5.41) is 0. The van der Waals surface area contributed by atoms with Gasteiger partial charge in [-0.15, -0.1) is 0 Å². The lowest BCUT2D eigenvalue weighted by Gasteiger charge is -2.38. The summed E-state index contributed by atoms with van der Waals surface area (Å²) in [6.07, 6.45) is 0. The molecule has 0 bridgehead atoms. The Morgan fingerprint density at radius 2 is 0.730 bits per heavy atom. The maximum Gasteiger partial charge on any atom is 0.0734 e. The molecule has 0 fully saturated rings. The molecule has 74 heavy (non-hydrogen) atoms. The van der Waals surface area contributed by atoms with E-state index in [9.17, 15) is 0 Å². The van der Waals surface area contributed by atoms with E-state index in [1.807, 2.05) is 0 Å². The topological polar surface area (TPSA) is 3.24 Å². The van der Waals surface area contributed by atoms with Crippen molar-refractivity contribution in [1.82, 2.24) is 0 Å². The summed E-state index contributed by atoms with van der Waals surface area (Å²) < 4.78 is 0. The normalized spacial score (nSPS) is 14.9. The van der Waals surface area contributed by atoms with E-state index in [1.165, 1.54) is 100 Å². The third kappa shape index (κ3) is 7.06. The molecule has 1 heteroatoms. The summed E-state index contributed by atoms with van der Waals surface area (Å²) >= 11 is 0. The zero-order valence-corrected chi connectivity index (χ0v) is 42.4. The molecule has 354 valence electrons. The highest BCUT2D eigenvalue weighted by atomic mass is 15.1. The van der Waals surface area contributed by atoms with Crippen molar-refractivity contribution in [2.45, 2.75) is 43.9 Å². The number of aryl methyl sites for hydroxylation is 1. The lowest BCUT2D eigenvalue weighted by atomic mass is 9.67. The van der Waals surface area contributed by atoms with Gasteiger partial charge in [0.25, 0.3) is 0 Å². The second-order valence-corrected chi connectivity index (χ2v) is 21.3. The first-order chi connectivity index (χ1) is 36.2. The third-order valence-electron chi connectivity index (χ3n) is 16.1. The third-order valence-corrected chi connectivity index (χ3v) is 16.1. The summed E-state index contributed by atoms with van der Waals surface area (Å²) in [7, 11) is 0. The van der Waals surface area contributed by atoms with Gasteiger partial charge in [0.15, 0.2) is 0 Å². The Hall–Kier alpha value is -8.78. The standard InChI is InChI=1S/C73H57N/c1-50-31-39-58(40-32-50)72(59-43-35-52(36-44-59)51-19-8-5-9-20-51)66-28-16-14-25-62(66)64-48-47-61(49-68(64)72)74(60-45-37-54(38-46-60)53-33-41-55(42-34-53)71(2,3)4)69-30-18-27-65-63-26-15-17-29-67(63)73(70(65)69,56-21-10-6-11-22-56)57-23-12-7-13-24-57/h5-49H,1-4H3. The predicted octanol–water partition coefficient (Wildman–Crippen LogP) is 18.8. The highest BCUT2D eigenvalue weighted by Gasteiger charge is 2.50. The second kappa shape index (κ2) is 17.8. The van der Waals surface area contributed by atoms with Gasteiger partial charge in [0, 0.05) is 16.9 Å². The average Bonchev–Trinajstić information content (AvgIpc) is 3.95. The summed E-state index contributed by atoms with van der Waals surface area (Å²) in [5.41, 5.74) is 24.6. The Kier molecular flexibility index (Phi) is 10.8. The van der Waals surface area contributed by atoms with Gasteiger partial charge in [-0.3, -0.25) is 0 Å². The number of benzene rings is 11. The van der Waals surface area contributed by atoms with Gasteiger partial charge in [-0.1, -0.05) is 269 Å². The first kappa shape index (κ1) is 45.1. The molecular weight excluding hydrogens is 891 g/mol. The molecule has 0 saturated carbocycles. The molecule has 1 nitrogen and oxygen atoms in total. The Bertz CT molecular complexity index is 3790. The van der Waals surface area contributed by atoms with Gasteiger partial charge in [0.2, 0.25) is 0 Å². The number of nitrogens with zero attached hydrogens (tertiary/aromatic N) is 1. The molecular formula is C73H57N. The number of rotatable bonds is 9. The van der Waals surface area contributed by atoms with Crippen LogP contribution in [-0.2, 0) is 16.2 Å². The van der Waals surface area contributed by atoms with Crippen molar-refractivity contribution >= 4 is 17.1 Å². The first-order valence-corrected chi connectivity index (χ1v) is 26.1. The van der Waals surface area contributed by atoms with Crippen LogP contribution in [0.4, 0.5) is 17.1 Å². The fraction of sp³-hybridized carbons (Fsp3) is 0.0959. The summed E-state index contributed by atoms with van der Waals surface area (Å²) in [4.78, 5) is 2.56. The molecule has 2 aliphatic carbocycles. The van der Waals surface area contributed by atoms with E-state index >= 15 is 0 Å². The molecule has 1 atom stereocenters. The molecule has 0 aromatic heterocycles. The van der Waals surface area contributed by atoms with Crippen LogP contribution in [0.2, 0.25) is 0 Å². The van der Waals surface area contributed by atoms with Crippen molar-refractivity contribution in [3.63, 3.8) is 0 Å². The van der Waals surface area contributed by atoms with E-state index in [-0.39, 0.29) is 5.41 Å². The van der Waals surface area contributed by atoms with Crippen LogP contribution in [0.3, 0.4) is 0 Å². The number of hydrogen-bond donors (Lipinski definition) is 0. The van der Waals surface area contributed by atoms with Crippen molar-refractivity contribution in [2.75, 3.05) is 4.90 Å². The molecule has 0 spiro atoms. The van der Waals surface area contributed by atoms with E-state index in [1.54, 1.807) is 0 Å². The summed E-state index contributed by atoms with van der Waals surface area (Å²) in [5.74, 6) is 0. The highest BCUT2D eigenvalue weighted by molar-refractivity contribution is 5.96. The lowest BCUT2D eigenvalue weighted by Crippen LogP contribution is -2.31. The zero-order valence-electron chi connectivity index (χ0n) is 42.4. The van der Waals surface area contributed by atoms with Gasteiger partial charge >= 0.3 is 0 Å². The van der Waals surface area contributed by atoms with Gasteiger partial charge in [-0.2, -0.15) is 0 Å². The van der Waals surface area contributed by atoms with Gasteiger partial charge in [-0.05, 0) is 132 Å². The molecule has 0 heterocycles. The second-order valence-electron chi connectivity index (χ2n) is 21.3. The van der Waals surface area contributed by atoms with E-state index < -0.39 is 10.8 Å². The van der Waals surface area contributed by atoms with Crippen LogP contribution in [0.25, 0.3) is 44.5 Å². The van der Waals surface area contributed by atoms with Gasteiger partial charge in [0.05, 0.1) is 16.5 Å². The Morgan fingerprint density at radius 1 is 0.311 bits per heavy atom. The van der Waals surface area contributed by atoms with Crippen LogP contribution in [-0.4, -0.2) is 0 Å². The van der Waals surface area contributed by atoms with Crippen LogP contribution in [0.5, 0.6) is 0 Å². The molecule has 0 radical (unpaired) electrons. The zero-order chi connectivity index (χ0) is 50.0. The van der Waals surface area contributed by atoms with Gasteiger partial charge in [-0.25, -0.2) is 0 Å². The van der Waals surface area contributed by atoms with E-state index in [0.717, 1.165) is 17.1 Å².